The zero-order valence-electron chi connectivity index (χ0n) is 10.7. The summed E-state index contributed by atoms with van der Waals surface area (Å²) in [5.74, 6) is -1.55. The molecule has 18 heavy (non-hydrogen) atoms. The molecule has 98 valence electrons. The van der Waals surface area contributed by atoms with Gasteiger partial charge in [-0.1, -0.05) is 6.92 Å². The Balaban J connectivity index is 2.05. The highest BCUT2D eigenvalue weighted by molar-refractivity contribution is 5.93. The molecule has 1 fully saturated rings. The fourth-order valence-electron chi connectivity index (χ4n) is 2.01. The molecule has 5 heteroatoms. The summed E-state index contributed by atoms with van der Waals surface area (Å²) < 4.78 is 1.99. The third-order valence-electron chi connectivity index (χ3n) is 3.25. The van der Waals surface area contributed by atoms with Crippen molar-refractivity contribution in [1.82, 2.24) is 9.47 Å². The number of aromatic nitrogens is 1. The SMILES string of the molecule is CC(CN(C)C(=O)c1cccn1C1CC1)C(=O)O. The topological polar surface area (TPSA) is 62.5 Å². The van der Waals surface area contributed by atoms with Crippen molar-refractivity contribution in [1.29, 1.82) is 0 Å². The number of carbonyl (C=O) groups excluding carboxylic acids is 1. The lowest BCUT2D eigenvalue weighted by Crippen LogP contribution is -2.34. The van der Waals surface area contributed by atoms with E-state index in [4.69, 9.17) is 5.11 Å². The number of carbonyl (C=O) groups is 2. The number of carboxylic acids is 1. The van der Waals surface area contributed by atoms with Gasteiger partial charge in [-0.2, -0.15) is 0 Å². The summed E-state index contributed by atoms with van der Waals surface area (Å²) >= 11 is 0. The largest absolute Gasteiger partial charge is 0.481 e. The van der Waals surface area contributed by atoms with Crippen LogP contribution in [0.25, 0.3) is 0 Å². The maximum Gasteiger partial charge on any atom is 0.308 e. The summed E-state index contributed by atoms with van der Waals surface area (Å²) in [7, 11) is 1.64. The van der Waals surface area contributed by atoms with E-state index in [1.807, 2.05) is 16.8 Å². The first-order valence-corrected chi connectivity index (χ1v) is 6.16. The van der Waals surface area contributed by atoms with E-state index in [1.54, 1.807) is 20.0 Å². The van der Waals surface area contributed by atoms with Gasteiger partial charge in [-0.15, -0.1) is 0 Å². The van der Waals surface area contributed by atoms with Gasteiger partial charge in [0.25, 0.3) is 5.91 Å². The van der Waals surface area contributed by atoms with E-state index in [2.05, 4.69) is 0 Å². The van der Waals surface area contributed by atoms with Crippen LogP contribution in [0.2, 0.25) is 0 Å². The van der Waals surface area contributed by atoms with Crippen LogP contribution in [-0.2, 0) is 4.79 Å². The molecule has 1 aromatic rings. The normalized spacial score (nSPS) is 16.3. The van der Waals surface area contributed by atoms with Crippen LogP contribution in [0, 0.1) is 5.92 Å². The molecule has 0 saturated heterocycles. The fraction of sp³-hybridized carbons (Fsp3) is 0.538. The number of aliphatic carboxylic acids is 1. The summed E-state index contributed by atoms with van der Waals surface area (Å²) in [5, 5.41) is 8.85. The van der Waals surface area contributed by atoms with Gasteiger partial charge in [-0.3, -0.25) is 9.59 Å². The summed E-state index contributed by atoms with van der Waals surface area (Å²) in [6, 6.07) is 4.10. The van der Waals surface area contributed by atoms with Crippen LogP contribution in [0.3, 0.4) is 0 Å². The summed E-state index contributed by atoms with van der Waals surface area (Å²) in [6.45, 7) is 1.83. The van der Waals surface area contributed by atoms with Crippen molar-refractivity contribution in [2.45, 2.75) is 25.8 Å². The van der Waals surface area contributed by atoms with Gasteiger partial charge < -0.3 is 14.6 Å². The molecule has 1 N–H and O–H groups in total. The number of carboxylic acid groups (broad SMARTS) is 1. The van der Waals surface area contributed by atoms with E-state index in [9.17, 15) is 9.59 Å². The van der Waals surface area contributed by atoms with Crippen LogP contribution in [-0.4, -0.2) is 40.0 Å². The number of hydrogen-bond donors (Lipinski definition) is 1. The first kappa shape index (κ1) is 12.7. The van der Waals surface area contributed by atoms with Crippen LogP contribution < -0.4 is 0 Å². The molecule has 1 saturated carbocycles. The van der Waals surface area contributed by atoms with Crippen LogP contribution in [0.4, 0.5) is 0 Å². The number of amides is 1. The molecule has 0 spiro atoms. The second-order valence-corrected chi connectivity index (χ2v) is 4.96. The van der Waals surface area contributed by atoms with Gasteiger partial charge in [-0.05, 0) is 25.0 Å². The Bertz CT molecular complexity index is 463. The minimum atomic E-state index is -0.882. The first-order chi connectivity index (χ1) is 8.50. The second-order valence-electron chi connectivity index (χ2n) is 4.96. The zero-order valence-corrected chi connectivity index (χ0v) is 10.7. The van der Waals surface area contributed by atoms with Gasteiger partial charge in [0.15, 0.2) is 0 Å². The van der Waals surface area contributed by atoms with E-state index in [0.29, 0.717) is 11.7 Å². The first-order valence-electron chi connectivity index (χ1n) is 6.16. The molecular weight excluding hydrogens is 232 g/mol. The highest BCUT2D eigenvalue weighted by Gasteiger charge is 2.28. The van der Waals surface area contributed by atoms with E-state index < -0.39 is 11.9 Å². The van der Waals surface area contributed by atoms with Crippen molar-refractivity contribution < 1.29 is 14.7 Å². The van der Waals surface area contributed by atoms with Crippen LogP contribution in [0.5, 0.6) is 0 Å². The molecule has 1 heterocycles. The molecule has 5 nitrogen and oxygen atoms in total. The van der Waals surface area contributed by atoms with E-state index in [0.717, 1.165) is 12.8 Å². The standard InChI is InChI=1S/C13H18N2O3/c1-9(13(17)18)8-14(2)12(16)11-4-3-7-15(11)10-5-6-10/h3-4,7,9-10H,5-6,8H2,1-2H3,(H,17,18). The van der Waals surface area contributed by atoms with Crippen molar-refractivity contribution >= 4 is 11.9 Å². The van der Waals surface area contributed by atoms with Crippen molar-refractivity contribution in [2.75, 3.05) is 13.6 Å². The molecule has 1 atom stereocenters. The Morgan fingerprint density at radius 2 is 2.22 bits per heavy atom. The number of rotatable bonds is 5. The average Bonchev–Trinajstić information content (AvgIpc) is 3.05. The minimum absolute atomic E-state index is 0.111. The Kier molecular flexibility index (Phi) is 3.41. The minimum Gasteiger partial charge on any atom is -0.481 e. The molecular formula is C13H18N2O3. The van der Waals surface area contributed by atoms with Gasteiger partial charge in [-0.25, -0.2) is 0 Å². The summed E-state index contributed by atoms with van der Waals surface area (Å²) in [6.07, 6.45) is 4.15. The van der Waals surface area contributed by atoms with Crippen molar-refractivity contribution in [3.05, 3.63) is 24.0 Å². The van der Waals surface area contributed by atoms with Gasteiger partial charge in [0, 0.05) is 25.8 Å². The van der Waals surface area contributed by atoms with Gasteiger partial charge >= 0.3 is 5.97 Å². The zero-order chi connectivity index (χ0) is 13.3. The lowest BCUT2D eigenvalue weighted by atomic mass is 10.1. The fourth-order valence-corrected chi connectivity index (χ4v) is 2.01. The molecule has 1 aromatic heterocycles. The molecule has 0 aromatic carbocycles. The lowest BCUT2D eigenvalue weighted by Gasteiger charge is -2.20. The number of hydrogen-bond acceptors (Lipinski definition) is 2. The quantitative estimate of drug-likeness (QED) is 0.863. The Labute approximate surface area is 106 Å². The van der Waals surface area contributed by atoms with Crippen molar-refractivity contribution in [2.24, 2.45) is 5.92 Å². The van der Waals surface area contributed by atoms with Crippen LogP contribution in [0.1, 0.15) is 36.3 Å². The Hall–Kier alpha value is -1.78. The van der Waals surface area contributed by atoms with E-state index in [-0.39, 0.29) is 12.5 Å². The van der Waals surface area contributed by atoms with Gasteiger partial charge in [0.05, 0.1) is 5.92 Å². The lowest BCUT2D eigenvalue weighted by molar-refractivity contribution is -0.141. The van der Waals surface area contributed by atoms with Crippen LogP contribution >= 0.6 is 0 Å². The Morgan fingerprint density at radius 3 is 2.78 bits per heavy atom. The molecule has 0 aliphatic heterocycles. The van der Waals surface area contributed by atoms with Gasteiger partial charge in [0.1, 0.15) is 5.69 Å². The molecule has 0 radical (unpaired) electrons. The van der Waals surface area contributed by atoms with E-state index >= 15 is 0 Å². The highest BCUT2D eigenvalue weighted by Crippen LogP contribution is 2.36. The number of nitrogens with zero attached hydrogens (tertiary/aromatic N) is 2. The smallest absolute Gasteiger partial charge is 0.308 e. The third-order valence-corrected chi connectivity index (χ3v) is 3.25. The third kappa shape index (κ3) is 2.55. The molecule has 1 aliphatic rings. The Morgan fingerprint density at radius 1 is 1.56 bits per heavy atom. The monoisotopic (exact) mass is 250 g/mol. The van der Waals surface area contributed by atoms with Crippen molar-refractivity contribution in [3.63, 3.8) is 0 Å². The maximum atomic E-state index is 12.2. The highest BCUT2D eigenvalue weighted by atomic mass is 16.4. The van der Waals surface area contributed by atoms with E-state index in [1.165, 1.54) is 4.90 Å². The van der Waals surface area contributed by atoms with Crippen molar-refractivity contribution in [3.8, 4) is 0 Å². The molecule has 2 rings (SSSR count). The molecule has 1 amide bonds. The maximum absolute atomic E-state index is 12.2. The molecule has 1 unspecified atom stereocenters. The summed E-state index contributed by atoms with van der Waals surface area (Å²) in [4.78, 5) is 24.5. The van der Waals surface area contributed by atoms with Gasteiger partial charge in [0.2, 0.25) is 0 Å². The predicted molar refractivity (Wildman–Crippen MR) is 66.5 cm³/mol. The summed E-state index contributed by atoms with van der Waals surface area (Å²) in [5.41, 5.74) is 0.651. The average molecular weight is 250 g/mol. The second kappa shape index (κ2) is 4.84. The molecule has 0 bridgehead atoms. The van der Waals surface area contributed by atoms with Crippen LogP contribution in [0.15, 0.2) is 18.3 Å². The predicted octanol–water partition coefficient (Wildman–Crippen LogP) is 1.62. The molecule has 1 aliphatic carbocycles.